The maximum absolute atomic E-state index is 13.7. The molecule has 0 aliphatic rings. The molecule has 0 saturated carbocycles. The van der Waals surface area contributed by atoms with Crippen molar-refractivity contribution in [3.63, 3.8) is 0 Å². The largest absolute Gasteiger partial charge is 0.494 e. The van der Waals surface area contributed by atoms with Gasteiger partial charge in [0.25, 0.3) is 0 Å². The van der Waals surface area contributed by atoms with Crippen molar-refractivity contribution >= 4 is 10.9 Å². The Kier molecular flexibility index (Phi) is 7.18. The topological polar surface area (TPSA) is 14.2 Å². The van der Waals surface area contributed by atoms with Crippen molar-refractivity contribution in [3.05, 3.63) is 125 Å². The van der Waals surface area contributed by atoms with Crippen LogP contribution in [0.5, 0.6) is 5.75 Å². The van der Waals surface area contributed by atoms with E-state index in [-0.39, 0.29) is 5.82 Å². The highest BCUT2D eigenvalue weighted by Crippen LogP contribution is 2.35. The van der Waals surface area contributed by atoms with Crippen LogP contribution in [0.25, 0.3) is 22.2 Å². The first-order valence-electron chi connectivity index (χ1n) is 12.8. The second-order valence-corrected chi connectivity index (χ2v) is 9.43. The summed E-state index contributed by atoms with van der Waals surface area (Å²) in [5.74, 6) is 0.688. The average molecular weight is 478 g/mol. The molecular formula is C33H32FNO. The minimum Gasteiger partial charge on any atom is -0.494 e. The Morgan fingerprint density at radius 2 is 1.50 bits per heavy atom. The van der Waals surface area contributed by atoms with Gasteiger partial charge in [-0.25, -0.2) is 4.39 Å². The zero-order chi connectivity index (χ0) is 24.9. The number of nitrogens with zero attached hydrogens (tertiary/aromatic N) is 1. The van der Waals surface area contributed by atoms with E-state index in [0.29, 0.717) is 0 Å². The Balaban J connectivity index is 1.53. The lowest BCUT2D eigenvalue weighted by molar-refractivity contribution is 0.309. The van der Waals surface area contributed by atoms with E-state index in [9.17, 15) is 4.39 Å². The van der Waals surface area contributed by atoms with Gasteiger partial charge in [-0.05, 0) is 96.1 Å². The number of hydrogen-bond acceptors (Lipinski definition) is 1. The molecule has 0 bridgehead atoms. The summed E-state index contributed by atoms with van der Waals surface area (Å²) in [6.45, 7) is 5.81. The van der Waals surface area contributed by atoms with Gasteiger partial charge < -0.3 is 9.30 Å². The summed E-state index contributed by atoms with van der Waals surface area (Å²) >= 11 is 0. The van der Waals surface area contributed by atoms with Crippen LogP contribution in [0.1, 0.15) is 42.0 Å². The number of fused-ring (bicyclic) bond motifs is 1. The summed E-state index contributed by atoms with van der Waals surface area (Å²) in [6.07, 6.45) is 3.08. The number of benzene rings is 4. The maximum atomic E-state index is 13.7. The fourth-order valence-corrected chi connectivity index (χ4v) is 4.86. The summed E-state index contributed by atoms with van der Waals surface area (Å²) in [4.78, 5) is 0. The molecule has 0 spiro atoms. The van der Waals surface area contributed by atoms with E-state index in [4.69, 9.17) is 4.74 Å². The van der Waals surface area contributed by atoms with Crippen molar-refractivity contribution < 1.29 is 9.13 Å². The lowest BCUT2D eigenvalue weighted by Gasteiger charge is -2.13. The van der Waals surface area contributed by atoms with E-state index in [1.165, 1.54) is 33.2 Å². The third-order valence-electron chi connectivity index (χ3n) is 6.78. The standard InChI is InChI=1S/C33H32FNO/c1-3-4-20-36-30-17-10-26(11-18-30)23-35-32-19-12-27(21-25-8-6-5-7-9-25)22-31(32)24(2)33(35)28-13-15-29(34)16-14-28/h5-19,22H,3-4,20-21,23H2,1-2H3. The summed E-state index contributed by atoms with van der Waals surface area (Å²) < 4.78 is 22.0. The molecule has 0 radical (unpaired) electrons. The van der Waals surface area contributed by atoms with Crippen molar-refractivity contribution in [2.24, 2.45) is 0 Å². The molecule has 1 heterocycles. The molecule has 0 aliphatic carbocycles. The third kappa shape index (κ3) is 5.21. The van der Waals surface area contributed by atoms with Gasteiger partial charge in [-0.2, -0.15) is 0 Å². The van der Waals surface area contributed by atoms with Crippen molar-refractivity contribution in [1.82, 2.24) is 4.57 Å². The molecule has 0 fully saturated rings. The number of unbranched alkanes of at least 4 members (excludes halogenated alkanes) is 1. The van der Waals surface area contributed by atoms with E-state index in [2.05, 4.69) is 91.2 Å². The van der Waals surface area contributed by atoms with Gasteiger partial charge in [-0.1, -0.05) is 61.9 Å². The second-order valence-electron chi connectivity index (χ2n) is 9.43. The van der Waals surface area contributed by atoms with Gasteiger partial charge in [0, 0.05) is 17.4 Å². The normalized spacial score (nSPS) is 11.2. The number of hydrogen-bond donors (Lipinski definition) is 0. The van der Waals surface area contributed by atoms with Crippen LogP contribution >= 0.6 is 0 Å². The molecule has 1 aromatic heterocycles. The Bertz CT molecular complexity index is 1430. The molecule has 0 atom stereocenters. The highest BCUT2D eigenvalue weighted by atomic mass is 19.1. The Morgan fingerprint density at radius 3 is 2.22 bits per heavy atom. The highest BCUT2D eigenvalue weighted by molar-refractivity contribution is 5.92. The molecule has 2 nitrogen and oxygen atoms in total. The van der Waals surface area contributed by atoms with Gasteiger partial charge in [0.2, 0.25) is 0 Å². The number of ether oxygens (including phenoxy) is 1. The smallest absolute Gasteiger partial charge is 0.123 e. The first-order valence-corrected chi connectivity index (χ1v) is 12.8. The van der Waals surface area contributed by atoms with Gasteiger partial charge in [0.1, 0.15) is 11.6 Å². The molecule has 5 rings (SSSR count). The molecular weight excluding hydrogens is 445 g/mol. The third-order valence-corrected chi connectivity index (χ3v) is 6.78. The van der Waals surface area contributed by atoms with Crippen molar-refractivity contribution in [2.45, 2.75) is 39.7 Å². The van der Waals surface area contributed by atoms with E-state index in [0.717, 1.165) is 49.4 Å². The zero-order valence-electron chi connectivity index (χ0n) is 21.0. The number of aryl methyl sites for hydroxylation is 1. The van der Waals surface area contributed by atoms with E-state index >= 15 is 0 Å². The van der Waals surface area contributed by atoms with Crippen LogP contribution < -0.4 is 4.74 Å². The summed E-state index contributed by atoms with van der Waals surface area (Å²) in [7, 11) is 0. The van der Waals surface area contributed by atoms with E-state index < -0.39 is 0 Å². The molecule has 36 heavy (non-hydrogen) atoms. The number of halogens is 1. The molecule has 0 amide bonds. The molecule has 182 valence electrons. The minimum absolute atomic E-state index is 0.220. The molecule has 4 aromatic carbocycles. The van der Waals surface area contributed by atoms with Gasteiger partial charge in [-0.3, -0.25) is 0 Å². The first-order chi connectivity index (χ1) is 17.6. The molecule has 0 aliphatic heterocycles. The number of aromatic nitrogens is 1. The Hall–Kier alpha value is -3.85. The van der Waals surface area contributed by atoms with Crippen LogP contribution in [-0.2, 0) is 13.0 Å². The molecule has 0 saturated heterocycles. The lowest BCUT2D eigenvalue weighted by Crippen LogP contribution is -2.03. The minimum atomic E-state index is -0.220. The monoisotopic (exact) mass is 477 g/mol. The summed E-state index contributed by atoms with van der Waals surface area (Å²) in [6, 6.07) is 32.6. The highest BCUT2D eigenvalue weighted by Gasteiger charge is 2.17. The fraction of sp³-hybridized carbons (Fsp3) is 0.212. The van der Waals surface area contributed by atoms with E-state index in [1.807, 2.05) is 12.1 Å². The molecule has 3 heteroatoms. The average Bonchev–Trinajstić information content (AvgIpc) is 3.17. The SMILES string of the molecule is CCCCOc1ccc(Cn2c(-c3ccc(F)cc3)c(C)c3cc(Cc4ccccc4)ccc32)cc1. The first kappa shape index (κ1) is 23.9. The van der Waals surface area contributed by atoms with Crippen molar-refractivity contribution in [1.29, 1.82) is 0 Å². The molecule has 5 aromatic rings. The summed E-state index contributed by atoms with van der Waals surface area (Å²) in [5, 5.41) is 1.24. The van der Waals surface area contributed by atoms with E-state index in [1.54, 1.807) is 12.1 Å². The van der Waals surface area contributed by atoms with Crippen molar-refractivity contribution in [3.8, 4) is 17.0 Å². The lowest BCUT2D eigenvalue weighted by atomic mass is 10.0. The molecule has 0 unspecified atom stereocenters. The van der Waals surface area contributed by atoms with Crippen LogP contribution in [-0.4, -0.2) is 11.2 Å². The van der Waals surface area contributed by atoms with Crippen molar-refractivity contribution in [2.75, 3.05) is 6.61 Å². The second kappa shape index (κ2) is 10.8. The van der Waals surface area contributed by atoms with Gasteiger partial charge >= 0.3 is 0 Å². The number of rotatable bonds is 9. The predicted octanol–water partition coefficient (Wildman–Crippen LogP) is 8.57. The van der Waals surface area contributed by atoms with Crippen LogP contribution in [0, 0.1) is 12.7 Å². The fourth-order valence-electron chi connectivity index (χ4n) is 4.86. The Labute approximate surface area is 213 Å². The zero-order valence-corrected chi connectivity index (χ0v) is 21.0. The van der Waals surface area contributed by atoms with Crippen LogP contribution in [0.4, 0.5) is 4.39 Å². The van der Waals surface area contributed by atoms with Crippen LogP contribution in [0.3, 0.4) is 0 Å². The van der Waals surface area contributed by atoms with Gasteiger partial charge in [0.15, 0.2) is 0 Å². The quantitative estimate of drug-likeness (QED) is 0.194. The predicted molar refractivity (Wildman–Crippen MR) is 147 cm³/mol. The maximum Gasteiger partial charge on any atom is 0.123 e. The summed E-state index contributed by atoms with van der Waals surface area (Å²) in [5.41, 5.74) is 8.34. The molecule has 0 N–H and O–H groups in total. The van der Waals surface area contributed by atoms with Gasteiger partial charge in [0.05, 0.1) is 12.3 Å². The Morgan fingerprint density at radius 1 is 0.778 bits per heavy atom. The van der Waals surface area contributed by atoms with Crippen LogP contribution in [0.15, 0.2) is 97.1 Å². The van der Waals surface area contributed by atoms with Gasteiger partial charge in [-0.15, -0.1) is 0 Å². The van der Waals surface area contributed by atoms with Crippen LogP contribution in [0.2, 0.25) is 0 Å².